The lowest BCUT2D eigenvalue weighted by molar-refractivity contribution is -0.0112. The first-order chi connectivity index (χ1) is 28.0. The lowest BCUT2D eigenvalue weighted by atomic mass is 9.96. The van der Waals surface area contributed by atoms with E-state index in [9.17, 15) is 15.0 Å². The number of hydrogen-bond acceptors (Lipinski definition) is 13. The number of phenols is 2. The van der Waals surface area contributed by atoms with Crippen LogP contribution in [0.15, 0.2) is 94.3 Å². The van der Waals surface area contributed by atoms with Crippen molar-refractivity contribution in [3.05, 3.63) is 107 Å². The average molecular weight is 782 g/mol. The molecular weight excluding hydrogens is 730 g/mol. The largest absolute Gasteiger partial charge is 0.504 e. The summed E-state index contributed by atoms with van der Waals surface area (Å²) in [6.07, 6.45) is 6.24. The van der Waals surface area contributed by atoms with Gasteiger partial charge in [0, 0.05) is 54.8 Å². The van der Waals surface area contributed by atoms with E-state index in [1.165, 1.54) is 23.8 Å². The number of aromatic nitrogens is 3. The van der Waals surface area contributed by atoms with Crippen molar-refractivity contribution in [2.45, 2.75) is 26.4 Å². The highest BCUT2D eigenvalue weighted by Crippen LogP contribution is 2.40. The van der Waals surface area contributed by atoms with Crippen LogP contribution in [0, 0.1) is 0 Å². The van der Waals surface area contributed by atoms with E-state index in [1.54, 1.807) is 6.20 Å². The van der Waals surface area contributed by atoms with Crippen molar-refractivity contribution in [1.29, 1.82) is 0 Å². The number of nitrogens with one attached hydrogen (secondary N) is 1. The summed E-state index contributed by atoms with van der Waals surface area (Å²) in [4.78, 5) is 14.9. The van der Waals surface area contributed by atoms with E-state index in [1.807, 2.05) is 29.8 Å². The number of rotatable bonds is 22. The van der Waals surface area contributed by atoms with E-state index >= 15 is 0 Å². The normalized spacial score (nSPS) is 12.7. The number of anilines is 1. The number of phenolic OH excluding ortho intramolecular Hbond substituents is 2. The highest BCUT2D eigenvalue weighted by molar-refractivity contribution is 5.88. The van der Waals surface area contributed by atoms with Gasteiger partial charge in [0.25, 0.3) is 0 Å². The summed E-state index contributed by atoms with van der Waals surface area (Å²) in [7, 11) is 2.11. The van der Waals surface area contributed by atoms with E-state index in [2.05, 4.69) is 70.0 Å². The van der Waals surface area contributed by atoms with Gasteiger partial charge >= 0.3 is 0 Å². The molecule has 0 aliphatic carbocycles. The number of fused-ring (bicyclic) bond motifs is 6. The maximum atomic E-state index is 12.6. The molecule has 0 spiro atoms. The van der Waals surface area contributed by atoms with E-state index in [4.69, 9.17) is 28.1 Å². The summed E-state index contributed by atoms with van der Waals surface area (Å²) in [5.74, 6) is -0.574. The molecule has 5 aromatic rings. The van der Waals surface area contributed by atoms with Gasteiger partial charge in [-0.2, -0.15) is 0 Å². The highest BCUT2D eigenvalue weighted by Gasteiger charge is 2.25. The molecule has 0 atom stereocenters. The van der Waals surface area contributed by atoms with Gasteiger partial charge in [-0.25, -0.2) is 4.68 Å². The number of allylic oxidation sites excluding steroid dienone is 3. The zero-order valence-corrected chi connectivity index (χ0v) is 32.5. The lowest BCUT2D eigenvalue weighted by Crippen LogP contribution is -2.20. The third-order valence-corrected chi connectivity index (χ3v) is 9.24. The molecule has 3 N–H and O–H groups in total. The van der Waals surface area contributed by atoms with Crippen molar-refractivity contribution in [3.63, 3.8) is 0 Å². The molecule has 0 radical (unpaired) electrons. The molecule has 3 aromatic carbocycles. The highest BCUT2D eigenvalue weighted by atomic mass is 16.6. The number of ether oxygens (including phenoxy) is 5. The first-order valence-corrected chi connectivity index (χ1v) is 19.3. The van der Waals surface area contributed by atoms with E-state index in [0.717, 1.165) is 41.2 Å². The van der Waals surface area contributed by atoms with Crippen LogP contribution in [0.5, 0.6) is 11.5 Å². The SMILES string of the molecule is CC/C=C\C(=CNCCOCCOCCOCCOCCOCCn1nnc2c1-c1ccccc1CN(C)c1ccccc1-2)c1cc(=O)c2ccc(O)c(O)c2o1. The van der Waals surface area contributed by atoms with Gasteiger partial charge in [-0.15, -0.1) is 5.10 Å². The number of aromatic hydroxyl groups is 2. The van der Waals surface area contributed by atoms with Gasteiger partial charge in [0.15, 0.2) is 16.8 Å². The number of nitrogens with zero attached hydrogens (tertiary/aromatic N) is 4. The first-order valence-electron chi connectivity index (χ1n) is 19.3. The van der Waals surface area contributed by atoms with Gasteiger partial charge < -0.3 is 48.5 Å². The maximum Gasteiger partial charge on any atom is 0.201 e. The molecular formula is C43H51N5O9. The van der Waals surface area contributed by atoms with Gasteiger partial charge in [0.1, 0.15) is 11.5 Å². The fraction of sp³-hybridized carbons (Fsp3) is 0.372. The van der Waals surface area contributed by atoms with Crippen LogP contribution in [-0.2, 0) is 36.8 Å². The molecule has 3 heterocycles. The topological polar surface area (TPSA) is 163 Å². The summed E-state index contributed by atoms with van der Waals surface area (Å²) in [5, 5.41) is 32.5. The van der Waals surface area contributed by atoms with Crippen molar-refractivity contribution < 1.29 is 38.3 Å². The maximum absolute atomic E-state index is 12.6. The minimum absolute atomic E-state index is 0.0651. The van der Waals surface area contributed by atoms with Crippen molar-refractivity contribution >= 4 is 22.2 Å². The summed E-state index contributed by atoms with van der Waals surface area (Å²) in [6, 6.07) is 20.8. The smallest absolute Gasteiger partial charge is 0.201 e. The van der Waals surface area contributed by atoms with Gasteiger partial charge in [0.2, 0.25) is 5.75 Å². The summed E-state index contributed by atoms with van der Waals surface area (Å²) < 4.78 is 36.1. The summed E-state index contributed by atoms with van der Waals surface area (Å²) >= 11 is 0. The Morgan fingerprint density at radius 3 is 2.21 bits per heavy atom. The Morgan fingerprint density at radius 2 is 1.49 bits per heavy atom. The molecule has 1 aliphatic heterocycles. The van der Waals surface area contributed by atoms with Crippen molar-refractivity contribution in [1.82, 2.24) is 20.3 Å². The molecule has 1 aliphatic rings. The Kier molecular flexibility index (Phi) is 15.3. The molecule has 0 unspecified atom stereocenters. The minimum Gasteiger partial charge on any atom is -0.504 e. The van der Waals surface area contributed by atoms with Crippen LogP contribution in [0.4, 0.5) is 5.69 Å². The fourth-order valence-electron chi connectivity index (χ4n) is 6.38. The molecule has 0 saturated carbocycles. The van der Waals surface area contributed by atoms with Crippen molar-refractivity contribution in [3.8, 4) is 34.0 Å². The molecule has 2 aromatic heterocycles. The monoisotopic (exact) mass is 781 g/mol. The Balaban J connectivity index is 0.799. The molecule has 14 nitrogen and oxygen atoms in total. The molecule has 6 rings (SSSR count). The molecule has 0 fully saturated rings. The van der Waals surface area contributed by atoms with Crippen LogP contribution < -0.4 is 15.6 Å². The van der Waals surface area contributed by atoms with Gasteiger partial charge in [-0.3, -0.25) is 4.79 Å². The molecule has 0 amide bonds. The van der Waals surface area contributed by atoms with Gasteiger partial charge in [-0.1, -0.05) is 66.8 Å². The van der Waals surface area contributed by atoms with Gasteiger partial charge in [0.05, 0.1) is 83.7 Å². The third kappa shape index (κ3) is 10.9. The standard InChI is InChI=1S/C43H51N5O9/c1-3-4-9-31(39-28-38(50)35-14-15-37(49)42(51)43(35)57-39)29-44-16-18-52-20-22-54-24-26-56-27-25-55-23-21-53-19-17-48-41-33-11-6-5-10-32(33)30-47(2)36-13-8-7-12-34(36)40(41)45-46-48/h4-15,28-29,44,49,51H,3,16-27,30H2,1-2H3/b9-4-,31-29?. The minimum atomic E-state index is -0.472. The predicted octanol–water partition coefficient (Wildman–Crippen LogP) is 5.76. The van der Waals surface area contributed by atoms with Crippen LogP contribution in [0.25, 0.3) is 39.1 Å². The molecule has 0 bridgehead atoms. The third-order valence-electron chi connectivity index (χ3n) is 9.24. The molecule has 14 heteroatoms. The van der Waals surface area contributed by atoms with Gasteiger partial charge in [-0.05, 0) is 30.2 Å². The molecule has 0 saturated heterocycles. The second-order valence-corrected chi connectivity index (χ2v) is 13.3. The fourth-order valence-corrected chi connectivity index (χ4v) is 6.38. The predicted molar refractivity (Wildman–Crippen MR) is 218 cm³/mol. The number of benzene rings is 3. The lowest BCUT2D eigenvalue weighted by Gasteiger charge is -2.26. The van der Waals surface area contributed by atoms with Crippen LogP contribution in [0.2, 0.25) is 0 Å². The van der Waals surface area contributed by atoms with E-state index in [0.29, 0.717) is 84.7 Å². The zero-order chi connectivity index (χ0) is 39.8. The summed E-state index contributed by atoms with van der Waals surface area (Å²) in [5.41, 5.74) is 6.66. The van der Waals surface area contributed by atoms with Crippen LogP contribution in [-0.4, -0.2) is 105 Å². The van der Waals surface area contributed by atoms with Crippen molar-refractivity contribution in [2.75, 3.05) is 84.6 Å². The Morgan fingerprint density at radius 1 is 0.842 bits per heavy atom. The Labute approximate surface area is 331 Å². The van der Waals surface area contributed by atoms with E-state index < -0.39 is 5.75 Å². The average Bonchev–Trinajstić information content (AvgIpc) is 3.64. The number of para-hydroxylation sites is 1. The Bertz CT molecular complexity index is 2180. The molecule has 302 valence electrons. The van der Waals surface area contributed by atoms with Crippen molar-refractivity contribution in [2.24, 2.45) is 0 Å². The quantitative estimate of drug-likeness (QED) is 0.0442. The summed E-state index contributed by atoms with van der Waals surface area (Å²) in [6.45, 7) is 8.40. The second-order valence-electron chi connectivity index (χ2n) is 13.3. The Hall–Kier alpha value is -5.51. The van der Waals surface area contributed by atoms with Crippen LogP contribution in [0.3, 0.4) is 0 Å². The molecule has 57 heavy (non-hydrogen) atoms. The first kappa shape index (κ1) is 41.1. The van der Waals surface area contributed by atoms with Crippen LogP contribution in [0.1, 0.15) is 24.7 Å². The number of hydrogen-bond donors (Lipinski definition) is 3. The van der Waals surface area contributed by atoms with E-state index in [-0.39, 0.29) is 27.9 Å². The second kappa shape index (κ2) is 21.1. The van der Waals surface area contributed by atoms with Crippen LogP contribution >= 0.6 is 0 Å². The zero-order valence-electron chi connectivity index (χ0n) is 32.5.